The number of benzene rings is 1. The monoisotopic (exact) mass is 313 g/mol. The van der Waals surface area contributed by atoms with E-state index < -0.39 is 6.10 Å². The highest BCUT2D eigenvalue weighted by Crippen LogP contribution is 2.25. The molecule has 0 aliphatic carbocycles. The molecule has 1 saturated heterocycles. The molecule has 21 heavy (non-hydrogen) atoms. The summed E-state index contributed by atoms with van der Waals surface area (Å²) in [6.07, 6.45) is 0.458. The van der Waals surface area contributed by atoms with E-state index in [-0.39, 0.29) is 6.61 Å². The standard InChI is InChI=1S/C16H24ClNO3/c1-12-3-4-15(17)16(9-12)21-11-14(19)10-18-6-8-20-7-5-13(18)2/h3-4,9,13-14,19H,5-8,10-11H2,1-2H3. The third-order valence-electron chi connectivity index (χ3n) is 3.79. The number of ether oxygens (including phenoxy) is 2. The van der Waals surface area contributed by atoms with Crippen LogP contribution in [0.5, 0.6) is 5.75 Å². The molecule has 0 spiro atoms. The second-order valence-electron chi connectivity index (χ2n) is 5.64. The zero-order valence-electron chi connectivity index (χ0n) is 12.7. The van der Waals surface area contributed by atoms with Gasteiger partial charge in [0.05, 0.1) is 11.6 Å². The molecule has 1 aliphatic heterocycles. The van der Waals surface area contributed by atoms with Crippen LogP contribution >= 0.6 is 11.6 Å². The lowest BCUT2D eigenvalue weighted by atomic mass is 10.2. The Morgan fingerprint density at radius 2 is 2.29 bits per heavy atom. The number of aryl methyl sites for hydroxylation is 1. The van der Waals surface area contributed by atoms with Gasteiger partial charge in [0.2, 0.25) is 0 Å². The molecule has 1 aliphatic rings. The van der Waals surface area contributed by atoms with Crippen LogP contribution in [-0.2, 0) is 4.74 Å². The van der Waals surface area contributed by atoms with Crippen LogP contribution in [0.4, 0.5) is 0 Å². The Balaban J connectivity index is 1.83. The van der Waals surface area contributed by atoms with Gasteiger partial charge >= 0.3 is 0 Å². The summed E-state index contributed by atoms with van der Waals surface area (Å²) in [6, 6.07) is 6.05. The Kier molecular flexibility index (Phi) is 6.30. The van der Waals surface area contributed by atoms with Crippen molar-refractivity contribution in [1.29, 1.82) is 0 Å². The fourth-order valence-electron chi connectivity index (χ4n) is 2.44. The van der Waals surface area contributed by atoms with Crippen molar-refractivity contribution in [2.45, 2.75) is 32.4 Å². The zero-order chi connectivity index (χ0) is 15.2. The van der Waals surface area contributed by atoms with Gasteiger partial charge in [-0.3, -0.25) is 4.90 Å². The molecule has 118 valence electrons. The third-order valence-corrected chi connectivity index (χ3v) is 4.10. The molecule has 4 nitrogen and oxygen atoms in total. The van der Waals surface area contributed by atoms with E-state index in [0.717, 1.165) is 31.7 Å². The molecule has 2 rings (SSSR count). The van der Waals surface area contributed by atoms with Gasteiger partial charge in [-0.2, -0.15) is 0 Å². The van der Waals surface area contributed by atoms with Crippen LogP contribution in [-0.4, -0.2) is 55.1 Å². The van der Waals surface area contributed by atoms with E-state index in [9.17, 15) is 5.11 Å². The van der Waals surface area contributed by atoms with Crippen LogP contribution in [0, 0.1) is 6.92 Å². The van der Waals surface area contributed by atoms with Crippen LogP contribution in [0.1, 0.15) is 18.9 Å². The third kappa shape index (κ3) is 5.15. The molecule has 2 atom stereocenters. The van der Waals surface area contributed by atoms with Crippen molar-refractivity contribution < 1.29 is 14.6 Å². The van der Waals surface area contributed by atoms with Crippen molar-refractivity contribution in [1.82, 2.24) is 4.90 Å². The summed E-state index contributed by atoms with van der Waals surface area (Å²) in [4.78, 5) is 2.25. The van der Waals surface area contributed by atoms with E-state index in [1.807, 2.05) is 25.1 Å². The summed E-state index contributed by atoms with van der Waals surface area (Å²) in [5.74, 6) is 0.628. The summed E-state index contributed by atoms with van der Waals surface area (Å²) >= 11 is 6.08. The van der Waals surface area contributed by atoms with Crippen LogP contribution in [0.2, 0.25) is 5.02 Å². The number of rotatable bonds is 5. The summed E-state index contributed by atoms with van der Waals surface area (Å²) in [6.45, 7) is 7.35. The molecule has 5 heteroatoms. The summed E-state index contributed by atoms with van der Waals surface area (Å²) in [7, 11) is 0. The fraction of sp³-hybridized carbons (Fsp3) is 0.625. The van der Waals surface area contributed by atoms with Gasteiger partial charge in [0.25, 0.3) is 0 Å². The van der Waals surface area contributed by atoms with Gasteiger partial charge in [-0.05, 0) is 38.0 Å². The quantitative estimate of drug-likeness (QED) is 0.907. The van der Waals surface area contributed by atoms with Crippen molar-refractivity contribution >= 4 is 11.6 Å². The molecular weight excluding hydrogens is 290 g/mol. The Morgan fingerprint density at radius 1 is 1.48 bits per heavy atom. The number of aliphatic hydroxyl groups is 1. The maximum atomic E-state index is 10.2. The van der Waals surface area contributed by atoms with Gasteiger partial charge in [-0.25, -0.2) is 0 Å². The zero-order valence-corrected chi connectivity index (χ0v) is 13.5. The largest absolute Gasteiger partial charge is 0.489 e. The van der Waals surface area contributed by atoms with E-state index in [1.165, 1.54) is 0 Å². The molecule has 0 aromatic heterocycles. The summed E-state index contributed by atoms with van der Waals surface area (Å²) in [5.41, 5.74) is 1.09. The molecule has 1 heterocycles. The molecule has 1 fully saturated rings. The second-order valence-corrected chi connectivity index (χ2v) is 6.05. The summed E-state index contributed by atoms with van der Waals surface area (Å²) in [5, 5.41) is 10.8. The summed E-state index contributed by atoms with van der Waals surface area (Å²) < 4.78 is 11.1. The van der Waals surface area contributed by atoms with Gasteiger partial charge in [0, 0.05) is 25.7 Å². The maximum absolute atomic E-state index is 10.2. The first-order chi connectivity index (χ1) is 10.1. The lowest BCUT2D eigenvalue weighted by Gasteiger charge is -2.28. The van der Waals surface area contributed by atoms with Crippen LogP contribution in [0.25, 0.3) is 0 Å². The molecule has 0 radical (unpaired) electrons. The average Bonchev–Trinajstić information content (AvgIpc) is 2.65. The highest BCUT2D eigenvalue weighted by Gasteiger charge is 2.20. The maximum Gasteiger partial charge on any atom is 0.138 e. The molecule has 1 aromatic carbocycles. The average molecular weight is 314 g/mol. The molecule has 0 bridgehead atoms. The van der Waals surface area contributed by atoms with E-state index in [0.29, 0.717) is 23.4 Å². The Labute approximate surface area is 131 Å². The van der Waals surface area contributed by atoms with E-state index in [4.69, 9.17) is 21.1 Å². The smallest absolute Gasteiger partial charge is 0.138 e. The molecule has 0 saturated carbocycles. The topological polar surface area (TPSA) is 41.9 Å². The number of aliphatic hydroxyl groups excluding tert-OH is 1. The number of β-amino-alcohol motifs (C(OH)–C–C–N with tert-alkyl or cyclic N) is 1. The van der Waals surface area contributed by atoms with Gasteiger partial charge < -0.3 is 14.6 Å². The SMILES string of the molecule is Cc1ccc(Cl)c(OCC(O)CN2CCOCCC2C)c1. The van der Waals surface area contributed by atoms with Crippen molar-refractivity contribution in [3.8, 4) is 5.75 Å². The number of halogens is 1. The van der Waals surface area contributed by atoms with Crippen LogP contribution < -0.4 is 4.74 Å². The normalized spacial score (nSPS) is 21.8. The van der Waals surface area contributed by atoms with Crippen molar-refractivity contribution in [2.24, 2.45) is 0 Å². The first-order valence-electron chi connectivity index (χ1n) is 7.45. The van der Waals surface area contributed by atoms with Gasteiger partial charge in [-0.1, -0.05) is 17.7 Å². The van der Waals surface area contributed by atoms with Crippen molar-refractivity contribution in [2.75, 3.05) is 32.9 Å². The number of nitrogens with zero attached hydrogens (tertiary/aromatic N) is 1. The fourth-order valence-corrected chi connectivity index (χ4v) is 2.61. The molecule has 2 unspecified atom stereocenters. The lowest BCUT2D eigenvalue weighted by molar-refractivity contribution is 0.0544. The van der Waals surface area contributed by atoms with Crippen LogP contribution in [0.3, 0.4) is 0 Å². The minimum atomic E-state index is -0.540. The van der Waals surface area contributed by atoms with E-state index in [1.54, 1.807) is 0 Å². The first-order valence-corrected chi connectivity index (χ1v) is 7.83. The van der Waals surface area contributed by atoms with E-state index in [2.05, 4.69) is 11.8 Å². The first kappa shape index (κ1) is 16.6. The molecule has 1 N–H and O–H groups in total. The minimum Gasteiger partial charge on any atom is -0.489 e. The van der Waals surface area contributed by atoms with E-state index >= 15 is 0 Å². The highest BCUT2D eigenvalue weighted by molar-refractivity contribution is 6.32. The second kappa shape index (κ2) is 7.99. The predicted molar refractivity (Wildman–Crippen MR) is 84.2 cm³/mol. The highest BCUT2D eigenvalue weighted by atomic mass is 35.5. The Hall–Kier alpha value is -0.810. The minimum absolute atomic E-state index is 0.243. The van der Waals surface area contributed by atoms with Gasteiger partial charge in [-0.15, -0.1) is 0 Å². The van der Waals surface area contributed by atoms with Crippen molar-refractivity contribution in [3.63, 3.8) is 0 Å². The molecular formula is C16H24ClNO3. The predicted octanol–water partition coefficient (Wildman–Crippen LogP) is 2.50. The Bertz CT molecular complexity index is 455. The van der Waals surface area contributed by atoms with Crippen LogP contribution in [0.15, 0.2) is 18.2 Å². The van der Waals surface area contributed by atoms with Gasteiger partial charge in [0.15, 0.2) is 0 Å². The van der Waals surface area contributed by atoms with Crippen molar-refractivity contribution in [3.05, 3.63) is 28.8 Å². The Morgan fingerprint density at radius 3 is 3.10 bits per heavy atom. The number of hydrogen-bond donors (Lipinski definition) is 1. The number of hydrogen-bond acceptors (Lipinski definition) is 4. The lowest BCUT2D eigenvalue weighted by Crippen LogP contribution is -2.41. The molecule has 0 amide bonds. The molecule has 1 aromatic rings. The van der Waals surface area contributed by atoms with Gasteiger partial charge in [0.1, 0.15) is 18.5 Å².